The molecule has 2 nitrogen and oxygen atoms in total. The van der Waals surface area contributed by atoms with Gasteiger partial charge in [-0.2, -0.15) is 13.2 Å². The average molecular weight is 287 g/mol. The topological polar surface area (TPSA) is 21.3 Å². The van der Waals surface area contributed by atoms with E-state index in [0.717, 1.165) is 19.3 Å². The maximum atomic E-state index is 12.7. The van der Waals surface area contributed by atoms with Crippen LogP contribution in [0.15, 0.2) is 30.3 Å². The molecule has 0 amide bonds. The first-order chi connectivity index (χ1) is 9.48. The Morgan fingerprint density at radius 2 is 1.95 bits per heavy atom. The summed E-state index contributed by atoms with van der Waals surface area (Å²) in [7, 11) is 1.65. The number of halogens is 3. The van der Waals surface area contributed by atoms with Crippen LogP contribution in [0, 0.1) is 0 Å². The summed E-state index contributed by atoms with van der Waals surface area (Å²) in [5.74, 6) is 0. The lowest BCUT2D eigenvalue weighted by atomic mass is 10.0. The van der Waals surface area contributed by atoms with E-state index in [2.05, 4.69) is 5.32 Å². The van der Waals surface area contributed by atoms with E-state index < -0.39 is 18.6 Å². The van der Waals surface area contributed by atoms with Crippen LogP contribution in [0.2, 0.25) is 0 Å². The van der Waals surface area contributed by atoms with Crippen molar-refractivity contribution < 1.29 is 17.9 Å². The maximum Gasteiger partial charge on any atom is 0.390 e. The highest BCUT2D eigenvalue weighted by Crippen LogP contribution is 2.32. The second-order valence-corrected chi connectivity index (χ2v) is 5.32. The molecule has 0 saturated heterocycles. The molecule has 0 spiro atoms. The van der Waals surface area contributed by atoms with E-state index in [9.17, 15) is 13.2 Å². The second kappa shape index (κ2) is 6.59. The van der Waals surface area contributed by atoms with E-state index in [1.54, 1.807) is 31.4 Å². The summed E-state index contributed by atoms with van der Waals surface area (Å²) in [6.45, 7) is 0. The number of rotatable bonds is 5. The smallest absolute Gasteiger partial charge is 0.381 e. The molecule has 0 bridgehead atoms. The molecular weight excluding hydrogens is 267 g/mol. The van der Waals surface area contributed by atoms with Crippen LogP contribution in [-0.2, 0) is 4.74 Å². The molecule has 1 fully saturated rings. The molecular formula is C15H20F3NO. The number of nitrogens with one attached hydrogen (secondary N) is 1. The Morgan fingerprint density at radius 3 is 2.50 bits per heavy atom. The van der Waals surface area contributed by atoms with Crippen molar-refractivity contribution in [1.82, 2.24) is 5.32 Å². The van der Waals surface area contributed by atoms with Gasteiger partial charge in [0.25, 0.3) is 0 Å². The van der Waals surface area contributed by atoms with Gasteiger partial charge in [-0.15, -0.1) is 0 Å². The molecule has 112 valence electrons. The van der Waals surface area contributed by atoms with Crippen LogP contribution in [0.4, 0.5) is 13.2 Å². The van der Waals surface area contributed by atoms with Crippen molar-refractivity contribution in [2.24, 2.45) is 0 Å². The molecule has 1 saturated carbocycles. The molecule has 1 aliphatic carbocycles. The standard InChI is InChI=1S/C15H20F3NO/c1-20-13-8-7-12(9-13)19-14(10-15(16,17)18)11-5-3-2-4-6-11/h2-6,12-14,19H,7-10H2,1H3. The number of alkyl halides is 3. The Balaban J connectivity index is 2.04. The highest BCUT2D eigenvalue weighted by atomic mass is 19.4. The van der Waals surface area contributed by atoms with Gasteiger partial charge in [-0.25, -0.2) is 0 Å². The molecule has 20 heavy (non-hydrogen) atoms. The predicted molar refractivity (Wildman–Crippen MR) is 71.4 cm³/mol. The monoisotopic (exact) mass is 287 g/mol. The summed E-state index contributed by atoms with van der Waals surface area (Å²) in [6.07, 6.45) is -2.31. The summed E-state index contributed by atoms with van der Waals surface area (Å²) in [6, 6.07) is 8.24. The maximum absolute atomic E-state index is 12.7. The Labute approximate surface area is 117 Å². The molecule has 1 aromatic carbocycles. The molecule has 1 N–H and O–H groups in total. The fraction of sp³-hybridized carbons (Fsp3) is 0.600. The minimum Gasteiger partial charge on any atom is -0.381 e. The summed E-state index contributed by atoms with van der Waals surface area (Å²) in [5, 5.41) is 3.15. The third-order valence-electron chi connectivity index (χ3n) is 3.79. The number of benzene rings is 1. The summed E-state index contributed by atoms with van der Waals surface area (Å²) < 4.78 is 43.5. The number of hydrogen-bond acceptors (Lipinski definition) is 2. The Morgan fingerprint density at radius 1 is 1.25 bits per heavy atom. The zero-order valence-corrected chi connectivity index (χ0v) is 11.5. The lowest BCUT2D eigenvalue weighted by Gasteiger charge is -2.24. The molecule has 2 rings (SSSR count). The Hall–Kier alpha value is -1.07. The van der Waals surface area contributed by atoms with Gasteiger partial charge in [0.2, 0.25) is 0 Å². The summed E-state index contributed by atoms with van der Waals surface area (Å²) in [4.78, 5) is 0. The van der Waals surface area contributed by atoms with Crippen LogP contribution in [0.5, 0.6) is 0 Å². The molecule has 0 aromatic heterocycles. The highest BCUT2D eigenvalue weighted by molar-refractivity contribution is 5.19. The van der Waals surface area contributed by atoms with Crippen molar-refractivity contribution in [2.45, 2.75) is 50.0 Å². The van der Waals surface area contributed by atoms with Crippen molar-refractivity contribution in [3.63, 3.8) is 0 Å². The molecule has 1 aromatic rings. The van der Waals surface area contributed by atoms with E-state index in [0.29, 0.717) is 5.56 Å². The van der Waals surface area contributed by atoms with Gasteiger partial charge < -0.3 is 10.1 Å². The third-order valence-corrected chi connectivity index (χ3v) is 3.79. The zero-order valence-electron chi connectivity index (χ0n) is 11.5. The summed E-state index contributed by atoms with van der Waals surface area (Å²) >= 11 is 0. The van der Waals surface area contributed by atoms with Crippen LogP contribution in [0.25, 0.3) is 0 Å². The largest absolute Gasteiger partial charge is 0.390 e. The van der Waals surface area contributed by atoms with Crippen LogP contribution in [-0.4, -0.2) is 25.4 Å². The van der Waals surface area contributed by atoms with Gasteiger partial charge in [-0.3, -0.25) is 0 Å². The lowest BCUT2D eigenvalue weighted by Crippen LogP contribution is -2.34. The van der Waals surface area contributed by atoms with Gasteiger partial charge in [0, 0.05) is 19.2 Å². The van der Waals surface area contributed by atoms with E-state index >= 15 is 0 Å². The quantitative estimate of drug-likeness (QED) is 0.888. The van der Waals surface area contributed by atoms with Crippen molar-refractivity contribution in [3.05, 3.63) is 35.9 Å². The normalized spacial score (nSPS) is 24.8. The van der Waals surface area contributed by atoms with Gasteiger partial charge in [-0.1, -0.05) is 30.3 Å². The van der Waals surface area contributed by atoms with Gasteiger partial charge in [-0.05, 0) is 24.8 Å². The van der Waals surface area contributed by atoms with Crippen LogP contribution in [0.3, 0.4) is 0 Å². The lowest BCUT2D eigenvalue weighted by molar-refractivity contribution is -0.140. The van der Waals surface area contributed by atoms with Crippen molar-refractivity contribution in [1.29, 1.82) is 0 Å². The molecule has 5 heteroatoms. The Kier molecular flexibility index (Phi) is 5.05. The van der Waals surface area contributed by atoms with Gasteiger partial charge >= 0.3 is 6.18 Å². The van der Waals surface area contributed by atoms with Crippen LogP contribution in [0.1, 0.15) is 37.3 Å². The van der Waals surface area contributed by atoms with Gasteiger partial charge in [0.15, 0.2) is 0 Å². The Bertz CT molecular complexity index is 407. The van der Waals surface area contributed by atoms with E-state index in [1.165, 1.54) is 0 Å². The van der Waals surface area contributed by atoms with Crippen molar-refractivity contribution in [2.75, 3.05) is 7.11 Å². The second-order valence-electron chi connectivity index (χ2n) is 5.32. The third kappa shape index (κ3) is 4.49. The SMILES string of the molecule is COC1CCC(NC(CC(F)(F)F)c2ccccc2)C1. The molecule has 0 aliphatic heterocycles. The number of hydrogen-bond donors (Lipinski definition) is 1. The first-order valence-corrected chi connectivity index (χ1v) is 6.88. The van der Waals surface area contributed by atoms with E-state index in [4.69, 9.17) is 4.74 Å². The van der Waals surface area contributed by atoms with Gasteiger partial charge in [0.1, 0.15) is 0 Å². The molecule has 1 aliphatic rings. The molecule has 3 unspecified atom stereocenters. The zero-order chi connectivity index (χ0) is 14.6. The van der Waals surface area contributed by atoms with Gasteiger partial charge in [0.05, 0.1) is 12.5 Å². The minimum absolute atomic E-state index is 0.0903. The fourth-order valence-electron chi connectivity index (χ4n) is 2.78. The molecule has 0 heterocycles. The average Bonchev–Trinajstić information content (AvgIpc) is 2.85. The fourth-order valence-corrected chi connectivity index (χ4v) is 2.78. The first kappa shape index (κ1) is 15.3. The molecule has 3 atom stereocenters. The van der Waals surface area contributed by atoms with Crippen molar-refractivity contribution >= 4 is 0 Å². The van der Waals surface area contributed by atoms with E-state index in [1.807, 2.05) is 6.07 Å². The summed E-state index contributed by atoms with van der Waals surface area (Å²) in [5.41, 5.74) is 0.686. The molecule has 0 radical (unpaired) electrons. The van der Waals surface area contributed by atoms with Crippen LogP contribution >= 0.6 is 0 Å². The first-order valence-electron chi connectivity index (χ1n) is 6.88. The number of ether oxygens (including phenoxy) is 1. The number of methoxy groups -OCH3 is 1. The van der Waals surface area contributed by atoms with Crippen molar-refractivity contribution in [3.8, 4) is 0 Å². The van der Waals surface area contributed by atoms with Crippen LogP contribution < -0.4 is 5.32 Å². The minimum atomic E-state index is -4.17. The van der Waals surface area contributed by atoms with E-state index in [-0.39, 0.29) is 12.1 Å². The predicted octanol–water partition coefficient (Wildman–Crippen LogP) is 3.84. The highest BCUT2D eigenvalue weighted by Gasteiger charge is 2.35.